The lowest BCUT2D eigenvalue weighted by Gasteiger charge is -2.31. The molecule has 0 unspecified atom stereocenters. The number of aromatic hydroxyl groups is 2. The Kier molecular flexibility index (Phi) is 11.5. The van der Waals surface area contributed by atoms with Crippen LogP contribution in [0.25, 0.3) is 0 Å². The van der Waals surface area contributed by atoms with Crippen molar-refractivity contribution >= 4 is 0 Å². The average Bonchev–Trinajstić information content (AvgIpc) is 2.88. The summed E-state index contributed by atoms with van der Waals surface area (Å²) in [6.07, 6.45) is 7.43. The average molecular weight is 513 g/mol. The topological polar surface area (TPSA) is 80.9 Å². The molecule has 0 heterocycles. The van der Waals surface area contributed by atoms with Crippen LogP contribution < -0.4 is 0 Å². The maximum absolute atomic E-state index is 11.7. The van der Waals surface area contributed by atoms with Crippen LogP contribution in [0.15, 0.2) is 24.3 Å². The van der Waals surface area contributed by atoms with Crippen LogP contribution in [0.2, 0.25) is 0 Å². The molecule has 4 N–H and O–H groups in total. The Balaban J connectivity index is 2.88. The molecule has 0 atom stereocenters. The van der Waals surface area contributed by atoms with Crippen LogP contribution in [0.3, 0.4) is 0 Å². The third-order valence-corrected chi connectivity index (χ3v) is 8.47. The lowest BCUT2D eigenvalue weighted by Crippen LogP contribution is -2.19. The van der Waals surface area contributed by atoms with E-state index < -0.39 is 0 Å². The normalized spacial score (nSPS) is 12.5. The van der Waals surface area contributed by atoms with Crippen molar-refractivity contribution in [3.63, 3.8) is 0 Å². The summed E-state index contributed by atoms with van der Waals surface area (Å²) in [4.78, 5) is 0. The fourth-order valence-corrected chi connectivity index (χ4v) is 5.12. The lowest BCUT2D eigenvalue weighted by molar-refractivity contribution is 0.288. The fraction of sp³-hybridized carbons (Fsp3) is 0.636. The van der Waals surface area contributed by atoms with Crippen molar-refractivity contribution in [2.75, 3.05) is 13.2 Å². The van der Waals surface area contributed by atoms with Crippen LogP contribution in [0.4, 0.5) is 0 Å². The van der Waals surface area contributed by atoms with Gasteiger partial charge >= 0.3 is 0 Å². The summed E-state index contributed by atoms with van der Waals surface area (Å²) in [6.45, 7) is 15.4. The summed E-state index contributed by atoms with van der Waals surface area (Å²) in [5, 5.41) is 42.5. The zero-order chi connectivity index (χ0) is 27.8. The molecular formula is C33H52O4. The Labute approximate surface area is 225 Å². The number of rotatable bonds is 15. The second-order valence-corrected chi connectivity index (χ2v) is 12.0. The molecule has 2 aromatic rings. The monoisotopic (exact) mass is 512 g/mol. The predicted molar refractivity (Wildman–Crippen MR) is 155 cm³/mol. The van der Waals surface area contributed by atoms with Gasteiger partial charge in [-0.05, 0) is 66.9 Å². The molecule has 0 aromatic heterocycles. The van der Waals surface area contributed by atoms with Gasteiger partial charge in [0.05, 0.1) is 0 Å². The van der Waals surface area contributed by atoms with E-state index in [1.54, 1.807) is 0 Å². The van der Waals surface area contributed by atoms with E-state index in [2.05, 4.69) is 72.7 Å². The smallest absolute Gasteiger partial charge is 0.123 e. The van der Waals surface area contributed by atoms with Gasteiger partial charge in [0.2, 0.25) is 0 Å². The Hall–Kier alpha value is -2.04. The molecule has 0 bridgehead atoms. The van der Waals surface area contributed by atoms with Crippen LogP contribution >= 0.6 is 0 Å². The SMILES string of the molecule is CCCCC(c1cc(CCCO)cc(C(C)(C)CC)c1O)c1cc(CCCO)cc(C(C)(C)CC)c1O. The van der Waals surface area contributed by atoms with Crippen molar-refractivity contribution in [3.05, 3.63) is 57.6 Å². The molecular weight excluding hydrogens is 460 g/mol. The zero-order valence-corrected chi connectivity index (χ0v) is 24.5. The molecule has 0 aliphatic carbocycles. The molecule has 4 nitrogen and oxygen atoms in total. The number of unbranched alkanes of at least 4 members (excludes halogenated alkanes) is 1. The van der Waals surface area contributed by atoms with Crippen molar-refractivity contribution in [1.82, 2.24) is 0 Å². The summed E-state index contributed by atoms with van der Waals surface area (Å²) in [6, 6.07) is 8.42. The van der Waals surface area contributed by atoms with Crippen LogP contribution in [0.1, 0.15) is 133 Å². The summed E-state index contributed by atoms with van der Waals surface area (Å²) < 4.78 is 0. The molecule has 208 valence electrons. The van der Waals surface area contributed by atoms with Gasteiger partial charge in [-0.15, -0.1) is 0 Å². The molecule has 2 rings (SSSR count). The number of aliphatic hydroxyl groups excluding tert-OH is 2. The number of hydrogen-bond acceptors (Lipinski definition) is 4. The van der Waals surface area contributed by atoms with E-state index in [1.807, 2.05) is 0 Å². The first-order chi connectivity index (χ1) is 17.5. The van der Waals surface area contributed by atoms with E-state index in [0.717, 1.165) is 78.3 Å². The Morgan fingerprint density at radius 1 is 0.649 bits per heavy atom. The number of phenols is 2. The van der Waals surface area contributed by atoms with Gasteiger partial charge in [0.15, 0.2) is 0 Å². The highest BCUT2D eigenvalue weighted by Crippen LogP contribution is 2.47. The van der Waals surface area contributed by atoms with E-state index in [4.69, 9.17) is 0 Å². The van der Waals surface area contributed by atoms with Gasteiger partial charge in [-0.25, -0.2) is 0 Å². The molecule has 4 heteroatoms. The van der Waals surface area contributed by atoms with E-state index in [9.17, 15) is 20.4 Å². The van der Waals surface area contributed by atoms with Crippen molar-refractivity contribution < 1.29 is 20.4 Å². The second-order valence-electron chi connectivity index (χ2n) is 12.0. The third-order valence-electron chi connectivity index (χ3n) is 8.47. The number of aliphatic hydroxyl groups is 2. The molecule has 0 aliphatic heterocycles. The van der Waals surface area contributed by atoms with Gasteiger partial charge in [0.1, 0.15) is 11.5 Å². The van der Waals surface area contributed by atoms with Gasteiger partial charge in [-0.3, -0.25) is 0 Å². The number of aryl methyl sites for hydroxylation is 2. The molecule has 0 fully saturated rings. The van der Waals surface area contributed by atoms with Crippen LogP contribution in [0, 0.1) is 0 Å². The summed E-state index contributed by atoms with van der Waals surface area (Å²) >= 11 is 0. The van der Waals surface area contributed by atoms with Gasteiger partial charge in [-0.2, -0.15) is 0 Å². The molecule has 0 amide bonds. The highest BCUT2D eigenvalue weighted by molar-refractivity contribution is 5.56. The van der Waals surface area contributed by atoms with Crippen molar-refractivity contribution in [3.8, 4) is 11.5 Å². The summed E-state index contributed by atoms with van der Waals surface area (Å²) in [5.74, 6) is 0.509. The molecule has 0 radical (unpaired) electrons. The molecule has 2 aromatic carbocycles. The number of phenolic OH excluding ortho intramolecular Hbond substituents is 2. The van der Waals surface area contributed by atoms with Gasteiger partial charge < -0.3 is 20.4 Å². The number of hydrogen-bond donors (Lipinski definition) is 4. The van der Waals surface area contributed by atoms with Crippen LogP contribution in [0.5, 0.6) is 11.5 Å². The van der Waals surface area contributed by atoms with E-state index >= 15 is 0 Å². The maximum atomic E-state index is 11.7. The minimum Gasteiger partial charge on any atom is -0.507 e. The minimum absolute atomic E-state index is 0.130. The van der Waals surface area contributed by atoms with Crippen molar-refractivity contribution in [2.45, 2.75) is 123 Å². The number of benzene rings is 2. The van der Waals surface area contributed by atoms with Crippen molar-refractivity contribution in [1.29, 1.82) is 0 Å². The predicted octanol–water partition coefficient (Wildman–Crippen LogP) is 7.64. The van der Waals surface area contributed by atoms with Crippen LogP contribution in [-0.2, 0) is 23.7 Å². The molecule has 0 spiro atoms. The maximum Gasteiger partial charge on any atom is 0.123 e. The Morgan fingerprint density at radius 3 is 1.38 bits per heavy atom. The molecule has 0 aliphatic rings. The highest BCUT2D eigenvalue weighted by atomic mass is 16.3. The first kappa shape index (κ1) is 31.2. The van der Waals surface area contributed by atoms with Gasteiger partial charge in [0, 0.05) is 41.4 Å². The Bertz CT molecular complexity index is 928. The van der Waals surface area contributed by atoms with Crippen LogP contribution in [-0.4, -0.2) is 33.6 Å². The zero-order valence-electron chi connectivity index (χ0n) is 24.5. The van der Waals surface area contributed by atoms with Gasteiger partial charge in [-0.1, -0.05) is 85.6 Å². The largest absolute Gasteiger partial charge is 0.507 e. The van der Waals surface area contributed by atoms with Crippen molar-refractivity contribution in [2.24, 2.45) is 0 Å². The van der Waals surface area contributed by atoms with E-state index in [1.165, 1.54) is 0 Å². The quantitative estimate of drug-likeness (QED) is 0.198. The fourth-order valence-electron chi connectivity index (χ4n) is 5.12. The lowest BCUT2D eigenvalue weighted by atomic mass is 9.74. The standard InChI is InChI=1S/C33H52O4/c1-8-11-16-25(26-19-23(14-12-17-34)21-28(30(26)36)32(4,5)9-2)27-20-24(15-13-18-35)22-29(31(27)37)33(6,7)10-3/h19-22,25,34-37H,8-18H2,1-7H3. The highest BCUT2D eigenvalue weighted by Gasteiger charge is 2.31. The molecule has 0 saturated carbocycles. The minimum atomic E-state index is -0.205. The third kappa shape index (κ3) is 7.51. The molecule has 0 saturated heterocycles. The Morgan fingerprint density at radius 2 is 1.05 bits per heavy atom. The first-order valence-corrected chi connectivity index (χ1v) is 14.4. The summed E-state index contributed by atoms with van der Waals surface area (Å²) in [7, 11) is 0. The molecule has 37 heavy (non-hydrogen) atoms. The van der Waals surface area contributed by atoms with E-state index in [-0.39, 0.29) is 30.0 Å². The first-order valence-electron chi connectivity index (χ1n) is 14.4. The van der Waals surface area contributed by atoms with Gasteiger partial charge in [0.25, 0.3) is 0 Å². The summed E-state index contributed by atoms with van der Waals surface area (Å²) in [5.41, 5.74) is 5.44. The van der Waals surface area contributed by atoms with E-state index in [0.29, 0.717) is 24.3 Å². The second kappa shape index (κ2) is 13.7.